The van der Waals surface area contributed by atoms with E-state index in [2.05, 4.69) is 19.6 Å². The Morgan fingerprint density at radius 3 is 3.07 bits per heavy atom. The fourth-order valence-corrected chi connectivity index (χ4v) is 3.23. The molecule has 0 radical (unpaired) electrons. The highest BCUT2D eigenvalue weighted by Gasteiger charge is 2.14. The zero-order chi connectivity index (χ0) is 10.5. The summed E-state index contributed by atoms with van der Waals surface area (Å²) in [5.41, 5.74) is 0. The van der Waals surface area contributed by atoms with Crippen LogP contribution in [0, 0.1) is 0 Å². The van der Waals surface area contributed by atoms with Crippen molar-refractivity contribution < 1.29 is 4.52 Å². The first kappa shape index (κ1) is 11.2. The van der Waals surface area contributed by atoms with Gasteiger partial charge in [-0.15, -0.1) is 0 Å². The third kappa shape index (κ3) is 3.35. The normalized spacial score (nSPS) is 16.7. The predicted molar refractivity (Wildman–Crippen MR) is 67.1 cm³/mol. The average molecular weight is 261 g/mol. The molecule has 0 N–H and O–H groups in total. The first-order valence-corrected chi connectivity index (χ1v) is 7.16. The summed E-state index contributed by atoms with van der Waals surface area (Å²) in [4.78, 5) is 6.20. The van der Waals surface area contributed by atoms with Crippen LogP contribution in [0.4, 0.5) is 0 Å². The summed E-state index contributed by atoms with van der Waals surface area (Å²) >= 11 is 8.93. The van der Waals surface area contributed by atoms with Crippen LogP contribution >= 0.6 is 35.7 Å². The molecule has 0 aromatic carbocycles. The van der Waals surface area contributed by atoms with Crippen molar-refractivity contribution in [1.29, 1.82) is 0 Å². The molecule has 1 fully saturated rings. The number of hydrogen-bond donors (Lipinski definition) is 0. The Bertz CT molecular complexity index is 311. The minimum absolute atomic E-state index is 0.693. The summed E-state index contributed by atoms with van der Waals surface area (Å²) in [6, 6.07) is 0. The van der Waals surface area contributed by atoms with E-state index in [1.54, 1.807) is 11.8 Å². The number of nitrogens with zero attached hydrogens (tertiary/aromatic N) is 3. The summed E-state index contributed by atoms with van der Waals surface area (Å²) in [5, 5.41) is 3.74. The van der Waals surface area contributed by atoms with Gasteiger partial charge in [0.25, 0.3) is 0 Å². The van der Waals surface area contributed by atoms with Crippen molar-refractivity contribution in [1.82, 2.24) is 15.0 Å². The van der Waals surface area contributed by atoms with Crippen molar-refractivity contribution >= 4 is 40.1 Å². The number of thiocarbonyl (C=S) groups is 1. The van der Waals surface area contributed by atoms with Crippen molar-refractivity contribution in [3.05, 3.63) is 12.2 Å². The van der Waals surface area contributed by atoms with E-state index in [-0.39, 0.29) is 0 Å². The van der Waals surface area contributed by atoms with Crippen LogP contribution in [0.25, 0.3) is 0 Å². The zero-order valence-electron chi connectivity index (χ0n) is 8.09. The molecule has 15 heavy (non-hydrogen) atoms. The van der Waals surface area contributed by atoms with Gasteiger partial charge in [-0.2, -0.15) is 16.7 Å². The molecule has 1 aliphatic heterocycles. The number of thioether (sulfide) groups is 2. The largest absolute Gasteiger partial charge is 0.356 e. The molecular formula is C8H11N3OS3. The van der Waals surface area contributed by atoms with E-state index in [1.165, 1.54) is 17.9 Å². The molecule has 0 saturated carbocycles. The van der Waals surface area contributed by atoms with E-state index in [1.807, 2.05) is 11.8 Å². The molecule has 4 nitrogen and oxygen atoms in total. The lowest BCUT2D eigenvalue weighted by Crippen LogP contribution is -2.35. The van der Waals surface area contributed by atoms with Gasteiger partial charge in [0.15, 0.2) is 5.82 Å². The lowest BCUT2D eigenvalue weighted by atomic mass is 10.6. The van der Waals surface area contributed by atoms with Gasteiger partial charge in [0.2, 0.25) is 6.39 Å². The third-order valence-electron chi connectivity index (χ3n) is 2.00. The molecule has 1 aliphatic rings. The van der Waals surface area contributed by atoms with E-state index in [0.717, 1.165) is 17.4 Å². The van der Waals surface area contributed by atoms with E-state index >= 15 is 0 Å². The second kappa shape index (κ2) is 5.72. The van der Waals surface area contributed by atoms with Crippen LogP contribution in [-0.4, -0.2) is 44.0 Å². The number of hydrogen-bond acceptors (Lipinski definition) is 6. The molecule has 1 saturated heterocycles. The Morgan fingerprint density at radius 2 is 2.40 bits per heavy atom. The topological polar surface area (TPSA) is 42.2 Å². The van der Waals surface area contributed by atoms with Crippen LogP contribution in [0.3, 0.4) is 0 Å². The van der Waals surface area contributed by atoms with Gasteiger partial charge in [0.05, 0.1) is 5.75 Å². The minimum atomic E-state index is 0.693. The lowest BCUT2D eigenvalue weighted by molar-refractivity contribution is 0.412. The Labute approximate surface area is 102 Å². The maximum atomic E-state index is 5.34. The maximum Gasteiger partial charge on any atom is 0.213 e. The Balaban J connectivity index is 1.76. The molecule has 2 rings (SSSR count). The molecule has 82 valence electrons. The molecule has 0 aliphatic carbocycles. The third-order valence-corrected chi connectivity index (χ3v) is 4.46. The second-order valence-electron chi connectivity index (χ2n) is 3.00. The van der Waals surface area contributed by atoms with Gasteiger partial charge < -0.3 is 9.42 Å². The van der Waals surface area contributed by atoms with Crippen LogP contribution in [-0.2, 0) is 5.75 Å². The highest BCUT2D eigenvalue weighted by Crippen LogP contribution is 2.18. The number of rotatable bonds is 2. The van der Waals surface area contributed by atoms with Gasteiger partial charge in [0.1, 0.15) is 4.32 Å². The molecule has 1 aromatic heterocycles. The maximum absolute atomic E-state index is 5.34. The molecule has 0 amide bonds. The lowest BCUT2D eigenvalue weighted by Gasteiger charge is -2.27. The molecule has 0 bridgehead atoms. The number of aromatic nitrogens is 2. The molecule has 0 unspecified atom stereocenters. The smallest absolute Gasteiger partial charge is 0.213 e. The first-order chi connectivity index (χ1) is 7.36. The van der Waals surface area contributed by atoms with Gasteiger partial charge in [-0.3, -0.25) is 0 Å². The highest BCUT2D eigenvalue weighted by atomic mass is 32.2. The first-order valence-electron chi connectivity index (χ1n) is 4.61. The highest BCUT2D eigenvalue weighted by molar-refractivity contribution is 8.22. The predicted octanol–water partition coefficient (Wildman–Crippen LogP) is 1.64. The Kier molecular flexibility index (Phi) is 4.28. The van der Waals surface area contributed by atoms with Crippen molar-refractivity contribution in [3.8, 4) is 0 Å². The van der Waals surface area contributed by atoms with Crippen LogP contribution in [0.5, 0.6) is 0 Å². The van der Waals surface area contributed by atoms with Gasteiger partial charge in [-0.25, -0.2) is 0 Å². The summed E-state index contributed by atoms with van der Waals surface area (Å²) in [5.74, 6) is 3.74. The van der Waals surface area contributed by atoms with Gasteiger partial charge in [-0.05, 0) is 0 Å². The Morgan fingerprint density at radius 1 is 1.60 bits per heavy atom. The Hall–Kier alpha value is -0.270. The van der Waals surface area contributed by atoms with Crippen molar-refractivity contribution in [2.75, 3.05) is 24.6 Å². The van der Waals surface area contributed by atoms with Crippen LogP contribution in [0.15, 0.2) is 10.9 Å². The van der Waals surface area contributed by atoms with Crippen LogP contribution < -0.4 is 0 Å². The van der Waals surface area contributed by atoms with Crippen molar-refractivity contribution in [2.45, 2.75) is 5.75 Å². The van der Waals surface area contributed by atoms with E-state index < -0.39 is 0 Å². The summed E-state index contributed by atoms with van der Waals surface area (Å²) in [6.07, 6.45) is 1.34. The summed E-state index contributed by atoms with van der Waals surface area (Å²) in [7, 11) is 0. The second-order valence-corrected chi connectivity index (χ2v) is 5.84. The SMILES string of the molecule is S=C(SCc1ncon1)N1CCSCC1. The summed E-state index contributed by atoms with van der Waals surface area (Å²) < 4.78 is 5.60. The standard InChI is InChI=1S/C8H11N3OS3/c13-8(11-1-3-14-4-2-11)15-5-7-9-6-12-10-7/h6H,1-5H2. The molecule has 2 heterocycles. The molecule has 7 heteroatoms. The van der Waals surface area contributed by atoms with Gasteiger partial charge in [-0.1, -0.05) is 29.1 Å². The van der Waals surface area contributed by atoms with Gasteiger partial charge >= 0.3 is 0 Å². The van der Waals surface area contributed by atoms with E-state index in [0.29, 0.717) is 11.6 Å². The van der Waals surface area contributed by atoms with Gasteiger partial charge in [0, 0.05) is 24.6 Å². The monoisotopic (exact) mass is 261 g/mol. The zero-order valence-corrected chi connectivity index (χ0v) is 10.5. The molecule has 1 aromatic rings. The van der Waals surface area contributed by atoms with Crippen LogP contribution in [0.2, 0.25) is 0 Å². The van der Waals surface area contributed by atoms with E-state index in [9.17, 15) is 0 Å². The van der Waals surface area contributed by atoms with Crippen LogP contribution in [0.1, 0.15) is 5.82 Å². The quantitative estimate of drug-likeness (QED) is 0.750. The van der Waals surface area contributed by atoms with E-state index in [4.69, 9.17) is 12.2 Å². The molecule has 0 spiro atoms. The van der Waals surface area contributed by atoms with Crippen molar-refractivity contribution in [3.63, 3.8) is 0 Å². The fourth-order valence-electron chi connectivity index (χ4n) is 1.22. The minimum Gasteiger partial charge on any atom is -0.356 e. The molecular weight excluding hydrogens is 250 g/mol. The summed E-state index contributed by atoms with van der Waals surface area (Å²) in [6.45, 7) is 2.12. The fraction of sp³-hybridized carbons (Fsp3) is 0.625. The average Bonchev–Trinajstić information content (AvgIpc) is 2.80. The van der Waals surface area contributed by atoms with Crippen molar-refractivity contribution in [2.24, 2.45) is 0 Å². The molecule has 0 atom stereocenters.